The third kappa shape index (κ3) is 7820. The molecule has 192 valence electrons. The molecule has 0 aliphatic carbocycles. The van der Waals surface area contributed by atoms with Crippen LogP contribution in [0.3, 0.4) is 0 Å². The summed E-state index contributed by atoms with van der Waals surface area (Å²) in [5.74, 6) is 0. The monoisotopic (exact) mass is 528 g/mol. The van der Waals surface area contributed by atoms with Crippen molar-refractivity contribution in [2.24, 2.45) is 0 Å². The van der Waals surface area contributed by atoms with Crippen LogP contribution in [0.1, 0.15) is 125 Å². The first-order chi connectivity index (χ1) is 12.0. The molecule has 0 unspecified atom stereocenters. The Morgan fingerprint density at radius 1 is 0.250 bits per heavy atom. The van der Waals surface area contributed by atoms with Crippen molar-refractivity contribution >= 4 is 0 Å². The summed E-state index contributed by atoms with van der Waals surface area (Å²) in [6.07, 6.45) is 0. The largest absolute Gasteiger partial charge is 5.00 e. The van der Waals surface area contributed by atoms with E-state index in [2.05, 4.69) is 0 Å². The zero-order valence-corrected chi connectivity index (χ0v) is 29.4. The van der Waals surface area contributed by atoms with Crippen LogP contribution in [0.5, 0.6) is 0 Å². The Hall–Kier alpha value is 1.98. The van der Waals surface area contributed by atoms with Crippen molar-refractivity contribution in [1.82, 2.24) is 0 Å². The van der Waals surface area contributed by atoms with E-state index >= 15 is 0 Å². The minimum atomic E-state index is -0.750. The van der Waals surface area contributed by atoms with E-state index in [1.54, 1.807) is 125 Å². The van der Waals surface area contributed by atoms with Gasteiger partial charge in [0.05, 0.1) is 0 Å². The maximum atomic E-state index is 10.1. The molecule has 0 fully saturated rings. The number of hydrogen-bond acceptors (Lipinski definition) is 6. The molecule has 0 bridgehead atoms. The molecule has 0 aromatic heterocycles. The van der Waals surface area contributed by atoms with Crippen molar-refractivity contribution in [2.45, 2.75) is 158 Å². The number of hydrogen-bond donors (Lipinski definition) is 0. The predicted molar refractivity (Wildman–Crippen MR) is 119 cm³/mol. The van der Waals surface area contributed by atoms with Crippen molar-refractivity contribution in [2.75, 3.05) is 0 Å². The van der Waals surface area contributed by atoms with Gasteiger partial charge in [0.1, 0.15) is 0 Å². The van der Waals surface area contributed by atoms with Gasteiger partial charge >= 0.3 is 69.9 Å². The molecule has 0 aliphatic rings. The van der Waals surface area contributed by atoms with Crippen LogP contribution in [0.25, 0.3) is 0 Å². The molecule has 0 aliphatic heterocycles. The van der Waals surface area contributed by atoms with Gasteiger partial charge in [0.2, 0.25) is 0 Å². The van der Waals surface area contributed by atoms with Gasteiger partial charge in [0, 0.05) is 0 Å². The van der Waals surface area contributed by atoms with Gasteiger partial charge in [-0.05, 0) is 0 Å². The van der Waals surface area contributed by atoms with Gasteiger partial charge in [0.15, 0.2) is 0 Å². The van der Waals surface area contributed by atoms with Crippen molar-refractivity contribution < 1.29 is 101 Å². The maximum absolute atomic E-state index is 10.1. The SMILES string of the molecule is CC(C)(C)[O-].CC(C)(C)[O-].CC(C)(C)[O-].CC(C)(C)[O-].CC(C)(C)[O-].CC(C)(C)[O-].[K+].[V+5]. The Bertz CT molecular complexity index is 221. The smallest absolute Gasteiger partial charge is 0.850 e. The molecule has 0 saturated carbocycles. The van der Waals surface area contributed by atoms with Crippen LogP contribution >= 0.6 is 0 Å². The summed E-state index contributed by atoms with van der Waals surface area (Å²) >= 11 is 0. The second kappa shape index (κ2) is 23.4. The molecule has 0 aromatic carbocycles. The molecule has 0 N–H and O–H groups in total. The second-order valence-corrected chi connectivity index (χ2v) is 12.7. The number of rotatable bonds is 0. The fourth-order valence-electron chi connectivity index (χ4n) is 0. The van der Waals surface area contributed by atoms with Gasteiger partial charge in [-0.3, -0.25) is 0 Å². The zero-order chi connectivity index (χ0) is 27.0. The van der Waals surface area contributed by atoms with E-state index < -0.39 is 33.6 Å². The molecule has 0 spiro atoms. The van der Waals surface area contributed by atoms with E-state index in [-0.39, 0.29) is 69.9 Å². The minimum Gasteiger partial charge on any atom is -0.850 e. The normalized spacial score (nSPS) is 11.2. The summed E-state index contributed by atoms with van der Waals surface area (Å²) in [6, 6.07) is 0. The summed E-state index contributed by atoms with van der Waals surface area (Å²) in [5.41, 5.74) is -4.50. The molecular weight excluding hydrogens is 474 g/mol. The van der Waals surface area contributed by atoms with E-state index in [0.29, 0.717) is 0 Å². The zero-order valence-electron chi connectivity index (χ0n) is 24.9. The molecule has 0 heterocycles. The molecule has 0 aromatic rings. The first-order valence-corrected chi connectivity index (χ1v) is 10.2. The maximum Gasteiger partial charge on any atom is 5.00 e. The fraction of sp³-hybridized carbons (Fsp3) is 1.00. The van der Waals surface area contributed by atoms with Crippen LogP contribution < -0.4 is 82.0 Å². The Morgan fingerprint density at radius 2 is 0.250 bits per heavy atom. The van der Waals surface area contributed by atoms with Crippen molar-refractivity contribution in [3.63, 3.8) is 0 Å². The minimum absolute atomic E-state index is 0. The van der Waals surface area contributed by atoms with Gasteiger partial charge in [-0.1, -0.05) is 125 Å². The first kappa shape index (κ1) is 54.8. The van der Waals surface area contributed by atoms with Crippen LogP contribution in [0.4, 0.5) is 0 Å². The van der Waals surface area contributed by atoms with Crippen molar-refractivity contribution in [3.05, 3.63) is 0 Å². The van der Waals surface area contributed by atoms with Gasteiger partial charge < -0.3 is 30.6 Å². The molecule has 0 atom stereocenters. The summed E-state index contributed by atoms with van der Waals surface area (Å²) in [5, 5.41) is 60.6. The van der Waals surface area contributed by atoms with E-state index in [1.807, 2.05) is 0 Å². The summed E-state index contributed by atoms with van der Waals surface area (Å²) in [7, 11) is 0. The molecule has 0 rings (SSSR count). The van der Waals surface area contributed by atoms with Gasteiger partial charge in [-0.2, -0.15) is 0 Å². The van der Waals surface area contributed by atoms with Crippen LogP contribution in [-0.2, 0) is 18.6 Å². The summed E-state index contributed by atoms with van der Waals surface area (Å²) < 4.78 is 0. The first-order valence-electron chi connectivity index (χ1n) is 10.2. The Labute approximate surface area is 256 Å². The van der Waals surface area contributed by atoms with Crippen LogP contribution in [0.15, 0.2) is 0 Å². The molecule has 0 amide bonds. The van der Waals surface area contributed by atoms with Crippen LogP contribution in [-0.4, -0.2) is 33.6 Å². The average Bonchev–Trinajstić information content (AvgIpc) is 1.94. The molecule has 0 radical (unpaired) electrons. The predicted octanol–water partition coefficient (Wildman–Crippen LogP) is -2.13. The quantitative estimate of drug-likeness (QED) is 0.329. The Kier molecular flexibility index (Phi) is 40.0. The van der Waals surface area contributed by atoms with Crippen LogP contribution in [0, 0.1) is 0 Å². The van der Waals surface area contributed by atoms with E-state index in [4.69, 9.17) is 0 Å². The fourth-order valence-corrected chi connectivity index (χ4v) is 0. The summed E-state index contributed by atoms with van der Waals surface area (Å²) in [4.78, 5) is 0. The summed E-state index contributed by atoms with van der Waals surface area (Å²) in [6.45, 7) is 29.4. The standard InChI is InChI=1S/6C4H9O.K.V/c6*1-4(2,3)5;;/h6*1-3H3;;/q6*-1;+1;+5. The molecule has 0 saturated heterocycles. The van der Waals surface area contributed by atoms with Crippen LogP contribution in [0.2, 0.25) is 0 Å². The van der Waals surface area contributed by atoms with E-state index in [9.17, 15) is 30.6 Å². The van der Waals surface area contributed by atoms with Crippen molar-refractivity contribution in [3.8, 4) is 0 Å². The topological polar surface area (TPSA) is 138 Å². The average molecular weight is 529 g/mol. The molecular formula is C24H54KO6V. The van der Waals surface area contributed by atoms with Gasteiger partial charge in [-0.25, -0.2) is 0 Å². The Morgan fingerprint density at radius 3 is 0.250 bits per heavy atom. The third-order valence-electron chi connectivity index (χ3n) is 0. The molecule has 6 nitrogen and oxygen atoms in total. The molecule has 8 heteroatoms. The molecule has 32 heavy (non-hydrogen) atoms. The van der Waals surface area contributed by atoms with Gasteiger partial charge in [-0.15, -0.1) is 33.6 Å². The van der Waals surface area contributed by atoms with Gasteiger partial charge in [0.25, 0.3) is 0 Å². The Balaban J connectivity index is -0.0000000356. The second-order valence-electron chi connectivity index (χ2n) is 12.7. The van der Waals surface area contributed by atoms with E-state index in [0.717, 1.165) is 0 Å². The van der Waals surface area contributed by atoms with Crippen molar-refractivity contribution in [1.29, 1.82) is 0 Å². The third-order valence-corrected chi connectivity index (χ3v) is 0. The van der Waals surface area contributed by atoms with E-state index in [1.165, 1.54) is 0 Å².